The minimum absolute atomic E-state index is 0.166. The Kier molecular flexibility index (Phi) is 4.47. The van der Waals surface area contributed by atoms with Gasteiger partial charge in [0.25, 0.3) is 0 Å². The minimum Gasteiger partial charge on any atom is -0.349 e. The largest absolute Gasteiger partial charge is 0.349 e. The van der Waals surface area contributed by atoms with Crippen molar-refractivity contribution in [2.75, 3.05) is 6.61 Å². The molecule has 6 aliphatic rings. The molecular weight excluding hydrogens is 388 g/mol. The van der Waals surface area contributed by atoms with Crippen LogP contribution in [-0.4, -0.2) is 30.1 Å². The molecule has 172 valence electrons. The van der Waals surface area contributed by atoms with Gasteiger partial charge in [-0.25, -0.2) is 0 Å². The van der Waals surface area contributed by atoms with Gasteiger partial charge in [-0.15, -0.1) is 0 Å². The van der Waals surface area contributed by atoms with Crippen LogP contribution in [-0.2, 0) is 19.1 Å². The number of ether oxygens (including phenoxy) is 2. The fourth-order valence-electron chi connectivity index (χ4n) is 9.74. The molecule has 4 aliphatic carbocycles. The molecule has 0 bridgehead atoms. The molecule has 4 saturated carbocycles. The number of ketones is 2. The summed E-state index contributed by atoms with van der Waals surface area (Å²) in [6, 6.07) is 0. The smallest absolute Gasteiger partial charge is 0.171 e. The SMILES string of the molecule is C[C@H]1CC[C@@]2(OC1)O[C@@H]1C[C@@H]3[C@@H]4CC[C@H]5CC(=O)CC[C@@]5(C)[C@H]4CC(=O)[C@@]3(C)[C@@H]1[C@@H]2C. The highest BCUT2D eigenvalue weighted by atomic mass is 16.7. The second kappa shape index (κ2) is 6.65. The van der Waals surface area contributed by atoms with Crippen LogP contribution in [0.1, 0.15) is 85.5 Å². The quantitative estimate of drug-likeness (QED) is 0.533. The van der Waals surface area contributed by atoms with Crippen molar-refractivity contribution in [2.45, 2.75) is 97.4 Å². The van der Waals surface area contributed by atoms with Crippen molar-refractivity contribution in [1.82, 2.24) is 0 Å². The number of hydrogen-bond donors (Lipinski definition) is 0. The van der Waals surface area contributed by atoms with E-state index in [1.165, 1.54) is 12.8 Å². The summed E-state index contributed by atoms with van der Waals surface area (Å²) in [6.07, 6.45) is 8.86. The Bertz CT molecular complexity index is 797. The van der Waals surface area contributed by atoms with Crippen molar-refractivity contribution in [3.63, 3.8) is 0 Å². The van der Waals surface area contributed by atoms with E-state index >= 15 is 0 Å². The number of carbonyl (C=O) groups excluding carboxylic acids is 2. The van der Waals surface area contributed by atoms with Gasteiger partial charge in [0.1, 0.15) is 11.6 Å². The molecular formula is C27H40O4. The Morgan fingerprint density at radius 2 is 1.77 bits per heavy atom. The van der Waals surface area contributed by atoms with Gasteiger partial charge >= 0.3 is 0 Å². The maximum absolute atomic E-state index is 14.0. The first-order valence-corrected chi connectivity index (χ1v) is 13.1. The van der Waals surface area contributed by atoms with Crippen LogP contribution in [0.2, 0.25) is 0 Å². The molecule has 0 N–H and O–H groups in total. The van der Waals surface area contributed by atoms with Gasteiger partial charge in [-0.3, -0.25) is 9.59 Å². The summed E-state index contributed by atoms with van der Waals surface area (Å²) in [6.45, 7) is 10.0. The van der Waals surface area contributed by atoms with Crippen molar-refractivity contribution in [3.05, 3.63) is 0 Å². The summed E-state index contributed by atoms with van der Waals surface area (Å²) in [5, 5.41) is 0. The van der Waals surface area contributed by atoms with E-state index in [2.05, 4.69) is 27.7 Å². The number of fused-ring (bicyclic) bond motifs is 7. The van der Waals surface area contributed by atoms with E-state index < -0.39 is 5.79 Å². The normalized spacial score (nSPS) is 58.6. The first-order chi connectivity index (χ1) is 14.7. The van der Waals surface area contributed by atoms with E-state index in [0.29, 0.717) is 41.2 Å². The van der Waals surface area contributed by atoms with Gasteiger partial charge in [-0.1, -0.05) is 27.7 Å². The van der Waals surface area contributed by atoms with Gasteiger partial charge in [-0.2, -0.15) is 0 Å². The zero-order valence-electron chi connectivity index (χ0n) is 19.8. The molecule has 31 heavy (non-hydrogen) atoms. The topological polar surface area (TPSA) is 52.6 Å². The molecule has 2 heterocycles. The highest BCUT2D eigenvalue weighted by molar-refractivity contribution is 5.87. The van der Waals surface area contributed by atoms with Crippen LogP contribution in [0.25, 0.3) is 0 Å². The summed E-state index contributed by atoms with van der Waals surface area (Å²) in [5.74, 6) is 3.63. The Morgan fingerprint density at radius 3 is 2.52 bits per heavy atom. The summed E-state index contributed by atoms with van der Waals surface area (Å²) in [7, 11) is 0. The Morgan fingerprint density at radius 1 is 0.968 bits per heavy atom. The number of Topliss-reactive ketones (excluding diaryl/α,β-unsaturated/α-hetero) is 2. The number of rotatable bonds is 0. The van der Waals surface area contributed by atoms with Crippen molar-refractivity contribution in [2.24, 2.45) is 52.3 Å². The Hall–Kier alpha value is -0.740. The average molecular weight is 429 g/mol. The fraction of sp³-hybridized carbons (Fsp3) is 0.926. The molecule has 6 rings (SSSR count). The fourth-order valence-corrected chi connectivity index (χ4v) is 9.74. The molecule has 0 aromatic rings. The van der Waals surface area contributed by atoms with Crippen molar-refractivity contribution in [1.29, 1.82) is 0 Å². The molecule has 0 amide bonds. The zero-order valence-corrected chi connectivity index (χ0v) is 19.8. The van der Waals surface area contributed by atoms with Crippen molar-refractivity contribution >= 4 is 11.6 Å². The molecule has 0 radical (unpaired) electrons. The predicted molar refractivity (Wildman–Crippen MR) is 117 cm³/mol. The van der Waals surface area contributed by atoms with Gasteiger partial charge in [0, 0.05) is 42.9 Å². The zero-order chi connectivity index (χ0) is 21.8. The molecule has 2 saturated heterocycles. The third kappa shape index (κ3) is 2.61. The molecule has 1 spiro atoms. The van der Waals surface area contributed by atoms with E-state index in [1.54, 1.807) is 0 Å². The van der Waals surface area contributed by atoms with Gasteiger partial charge < -0.3 is 9.47 Å². The molecule has 2 aliphatic heterocycles. The highest BCUT2D eigenvalue weighted by Crippen LogP contribution is 2.70. The lowest BCUT2D eigenvalue weighted by molar-refractivity contribution is -0.272. The third-order valence-corrected chi connectivity index (χ3v) is 11.6. The van der Waals surface area contributed by atoms with E-state index in [0.717, 1.165) is 51.6 Å². The van der Waals surface area contributed by atoms with E-state index in [-0.39, 0.29) is 28.8 Å². The standard InChI is InChI=1S/C27H40O4/c1-15-7-10-27(30-14-15)16(2)24-22(31-27)12-21-19-6-5-17-11-18(28)8-9-25(17,3)20(19)13-23(29)26(21,24)4/h15-17,19-22,24H,5-14H2,1-4H3/t15-,16-,17-,19+,20-,21+,22+,24+,25+,26-,27+/m0/s1. The van der Waals surface area contributed by atoms with Crippen LogP contribution in [0.15, 0.2) is 0 Å². The minimum atomic E-state index is -0.458. The highest BCUT2D eigenvalue weighted by Gasteiger charge is 2.71. The van der Waals surface area contributed by atoms with E-state index in [4.69, 9.17) is 9.47 Å². The van der Waals surface area contributed by atoms with Crippen LogP contribution >= 0.6 is 0 Å². The molecule has 6 fully saturated rings. The second-order valence-corrected chi connectivity index (χ2v) is 12.8. The average Bonchev–Trinajstić information content (AvgIpc) is 3.18. The first kappa shape index (κ1) is 20.8. The van der Waals surface area contributed by atoms with Crippen molar-refractivity contribution in [3.8, 4) is 0 Å². The summed E-state index contributed by atoms with van der Waals surface area (Å²) >= 11 is 0. The van der Waals surface area contributed by atoms with Gasteiger partial charge in [0.15, 0.2) is 5.79 Å². The van der Waals surface area contributed by atoms with E-state index in [1.807, 2.05) is 0 Å². The second-order valence-electron chi connectivity index (χ2n) is 12.8. The lowest BCUT2D eigenvalue weighted by Gasteiger charge is -2.59. The molecule has 11 atom stereocenters. The maximum atomic E-state index is 14.0. The number of carbonyl (C=O) groups is 2. The lowest BCUT2D eigenvalue weighted by Crippen LogP contribution is -2.58. The third-order valence-electron chi connectivity index (χ3n) is 11.6. The van der Waals surface area contributed by atoms with E-state index in [9.17, 15) is 9.59 Å². The lowest BCUT2D eigenvalue weighted by atomic mass is 9.44. The monoisotopic (exact) mass is 428 g/mol. The Labute approximate surface area is 187 Å². The van der Waals surface area contributed by atoms with Gasteiger partial charge in [0.05, 0.1) is 12.7 Å². The molecule has 4 nitrogen and oxygen atoms in total. The summed E-state index contributed by atoms with van der Waals surface area (Å²) in [4.78, 5) is 26.1. The summed E-state index contributed by atoms with van der Waals surface area (Å²) in [5.41, 5.74) is -0.101. The number of hydrogen-bond acceptors (Lipinski definition) is 4. The molecule has 0 unspecified atom stereocenters. The van der Waals surface area contributed by atoms with Gasteiger partial charge in [0.2, 0.25) is 0 Å². The van der Waals surface area contributed by atoms with Crippen LogP contribution in [0.4, 0.5) is 0 Å². The molecule has 4 heteroatoms. The summed E-state index contributed by atoms with van der Waals surface area (Å²) < 4.78 is 13.2. The molecule has 0 aromatic heterocycles. The van der Waals surface area contributed by atoms with Crippen molar-refractivity contribution < 1.29 is 19.1 Å². The van der Waals surface area contributed by atoms with Crippen LogP contribution in [0.3, 0.4) is 0 Å². The maximum Gasteiger partial charge on any atom is 0.171 e. The predicted octanol–water partition coefficient (Wildman–Crippen LogP) is 5.18. The molecule has 0 aromatic carbocycles. The van der Waals surface area contributed by atoms with Crippen LogP contribution in [0, 0.1) is 52.3 Å². The van der Waals surface area contributed by atoms with Gasteiger partial charge in [-0.05, 0) is 67.1 Å². The van der Waals surface area contributed by atoms with Crippen LogP contribution < -0.4 is 0 Å². The first-order valence-electron chi connectivity index (χ1n) is 13.1. The Balaban J connectivity index is 1.31. The van der Waals surface area contributed by atoms with Crippen LogP contribution in [0.5, 0.6) is 0 Å².